The first-order chi connectivity index (χ1) is 19.8. The molecule has 1 saturated heterocycles. The number of allylic oxidation sites excluding steroid dienone is 2. The predicted octanol–water partition coefficient (Wildman–Crippen LogP) is 6.75. The minimum absolute atomic E-state index is 0.0229. The van der Waals surface area contributed by atoms with Crippen molar-refractivity contribution in [3.05, 3.63) is 11.6 Å². The van der Waals surface area contributed by atoms with Crippen LogP contribution in [0.1, 0.15) is 126 Å². The highest BCUT2D eigenvalue weighted by molar-refractivity contribution is 5.76. The lowest BCUT2D eigenvalue weighted by atomic mass is 9.33. The number of carbonyl (C=O) groups is 1. The smallest absolute Gasteiger partial charge is 0.310 e. The monoisotopic (exact) mass is 600 g/mol. The minimum Gasteiger partial charge on any atom is -0.481 e. The van der Waals surface area contributed by atoms with E-state index in [0.717, 1.165) is 51.4 Å². The molecule has 5 aliphatic carbocycles. The van der Waals surface area contributed by atoms with Crippen molar-refractivity contribution in [2.24, 2.45) is 56.2 Å². The Bertz CT molecular complexity index is 1160. The molecule has 0 aromatic heterocycles. The van der Waals surface area contributed by atoms with Gasteiger partial charge in [-0.05, 0) is 128 Å². The molecular formula is C37H60O6. The Labute approximate surface area is 260 Å². The van der Waals surface area contributed by atoms with Crippen LogP contribution in [0, 0.1) is 56.2 Å². The number of fused-ring (bicyclic) bond motifs is 7. The van der Waals surface area contributed by atoms with Crippen molar-refractivity contribution in [3.8, 4) is 0 Å². The molecule has 6 rings (SSSR count). The van der Waals surface area contributed by atoms with Gasteiger partial charge in [0.05, 0.1) is 17.6 Å². The Morgan fingerprint density at radius 3 is 2.21 bits per heavy atom. The molecule has 0 radical (unpaired) electrons. The summed E-state index contributed by atoms with van der Waals surface area (Å²) in [4.78, 5) is 12.9. The van der Waals surface area contributed by atoms with Gasteiger partial charge in [-0.2, -0.15) is 0 Å². The van der Waals surface area contributed by atoms with E-state index < -0.39 is 41.9 Å². The highest BCUT2D eigenvalue weighted by atomic mass is 16.5. The molecule has 6 heteroatoms. The predicted molar refractivity (Wildman–Crippen MR) is 167 cm³/mol. The van der Waals surface area contributed by atoms with Crippen molar-refractivity contribution in [1.82, 2.24) is 0 Å². The number of hydrogen-bond acceptors (Lipinski definition) is 5. The molecule has 0 aromatic carbocycles. The first-order valence-corrected chi connectivity index (χ1v) is 17.5. The third-order valence-corrected chi connectivity index (χ3v) is 15.8. The molecule has 0 spiro atoms. The van der Waals surface area contributed by atoms with Gasteiger partial charge in [0, 0.05) is 0 Å². The second-order valence-electron chi connectivity index (χ2n) is 18.3. The largest absolute Gasteiger partial charge is 0.481 e. The number of ether oxygens (including phenoxy) is 1. The first-order valence-electron chi connectivity index (χ1n) is 17.5. The molecule has 7 unspecified atom stereocenters. The summed E-state index contributed by atoms with van der Waals surface area (Å²) in [5.74, 6) is 1.03. The van der Waals surface area contributed by atoms with Crippen molar-refractivity contribution >= 4 is 5.97 Å². The topological polar surface area (TPSA) is 107 Å². The van der Waals surface area contributed by atoms with Gasteiger partial charge in [0.15, 0.2) is 0 Å². The Kier molecular flexibility index (Phi) is 7.46. The van der Waals surface area contributed by atoms with Crippen LogP contribution in [0.3, 0.4) is 0 Å². The maximum Gasteiger partial charge on any atom is 0.310 e. The van der Waals surface area contributed by atoms with Crippen molar-refractivity contribution in [3.63, 3.8) is 0 Å². The molecule has 13 atom stereocenters. The lowest BCUT2D eigenvalue weighted by Crippen LogP contribution is -2.65. The number of aliphatic hydroxyl groups is 3. The Morgan fingerprint density at radius 1 is 0.860 bits per heavy atom. The third-order valence-electron chi connectivity index (χ3n) is 15.8. The third kappa shape index (κ3) is 4.34. The lowest BCUT2D eigenvalue weighted by Gasteiger charge is -2.71. The lowest BCUT2D eigenvalue weighted by molar-refractivity contribution is -0.232. The summed E-state index contributed by atoms with van der Waals surface area (Å²) in [6.07, 6.45) is 9.16. The average molecular weight is 601 g/mol. The fourth-order valence-corrected chi connectivity index (χ4v) is 12.7. The number of aliphatic hydroxyl groups excluding tert-OH is 3. The van der Waals surface area contributed by atoms with E-state index in [1.165, 1.54) is 18.4 Å². The van der Waals surface area contributed by atoms with Gasteiger partial charge in [-0.1, -0.05) is 60.1 Å². The molecule has 6 nitrogen and oxygen atoms in total. The molecule has 0 aromatic rings. The molecular weight excluding hydrogens is 540 g/mol. The Balaban J connectivity index is 1.30. The van der Waals surface area contributed by atoms with E-state index in [1.807, 2.05) is 0 Å². The molecule has 0 bridgehead atoms. The maximum absolute atomic E-state index is 12.9. The summed E-state index contributed by atoms with van der Waals surface area (Å²) < 4.78 is 6.09. The summed E-state index contributed by atoms with van der Waals surface area (Å²) >= 11 is 0. The fraction of sp³-hybridized carbons (Fsp3) is 0.919. The normalized spacial score (nSPS) is 53.8. The SMILES string of the molecule is CC1O[C@@H](CC2CC[C@@]3(C)C(CC[C@]4(C)C3CC=C3C5CC(C)(C)CC[C@]5(C(=O)O)CC[C@]34C)C2(C)C)C(O)C(O)[C@@H]1O. The van der Waals surface area contributed by atoms with Crippen molar-refractivity contribution in [2.45, 2.75) is 157 Å². The molecule has 0 amide bonds. The van der Waals surface area contributed by atoms with E-state index >= 15 is 0 Å². The van der Waals surface area contributed by atoms with Crippen LogP contribution in [0.15, 0.2) is 11.6 Å². The van der Waals surface area contributed by atoms with E-state index in [0.29, 0.717) is 24.2 Å². The highest BCUT2D eigenvalue weighted by Crippen LogP contribution is 2.76. The highest BCUT2D eigenvalue weighted by Gasteiger charge is 2.69. The summed E-state index contributed by atoms with van der Waals surface area (Å²) in [7, 11) is 0. The molecule has 1 heterocycles. The second kappa shape index (κ2) is 10.0. The van der Waals surface area contributed by atoms with E-state index in [4.69, 9.17) is 4.74 Å². The number of carboxylic acid groups (broad SMARTS) is 1. The van der Waals surface area contributed by atoms with Crippen LogP contribution in [0.25, 0.3) is 0 Å². The van der Waals surface area contributed by atoms with Gasteiger partial charge < -0.3 is 25.2 Å². The van der Waals surface area contributed by atoms with Crippen LogP contribution in [0.4, 0.5) is 0 Å². The van der Waals surface area contributed by atoms with Crippen molar-refractivity contribution < 1.29 is 30.0 Å². The minimum atomic E-state index is -1.17. The molecule has 43 heavy (non-hydrogen) atoms. The molecule has 1 aliphatic heterocycles. The Morgan fingerprint density at radius 2 is 1.53 bits per heavy atom. The number of rotatable bonds is 3. The van der Waals surface area contributed by atoms with Gasteiger partial charge in [-0.3, -0.25) is 4.79 Å². The van der Waals surface area contributed by atoms with Crippen molar-refractivity contribution in [1.29, 1.82) is 0 Å². The molecule has 5 fully saturated rings. The molecule has 4 saturated carbocycles. The quantitative estimate of drug-likeness (QED) is 0.267. The van der Waals surface area contributed by atoms with Gasteiger partial charge in [-0.15, -0.1) is 0 Å². The van der Waals surface area contributed by atoms with E-state index in [1.54, 1.807) is 6.92 Å². The van der Waals surface area contributed by atoms with Crippen LogP contribution in [-0.4, -0.2) is 56.9 Å². The van der Waals surface area contributed by atoms with Gasteiger partial charge in [0.1, 0.15) is 18.3 Å². The number of aliphatic carboxylic acids is 1. The van der Waals surface area contributed by atoms with Crippen molar-refractivity contribution in [2.75, 3.05) is 0 Å². The van der Waals surface area contributed by atoms with Crippen LogP contribution in [0.2, 0.25) is 0 Å². The van der Waals surface area contributed by atoms with Crippen LogP contribution >= 0.6 is 0 Å². The standard InChI is InChI=1S/C37H60O6/c1-21-28(38)30(40)29(39)25(43-21)19-22-11-13-34(6)26(33(22,4)5)12-14-36(8)27(34)10-9-23-24-20-32(2,3)15-17-37(24,31(41)42)18-16-35(23,36)7/h9,21-22,24-30,38-40H,10-20H2,1-8H3,(H,41,42)/t21?,22?,24?,25-,26?,27?,28+,29?,30?,34-,35+,36+,37-/m0/s1. The first kappa shape index (κ1) is 32.0. The Hall–Kier alpha value is -0.950. The molecule has 244 valence electrons. The zero-order valence-corrected chi connectivity index (χ0v) is 28.2. The van der Waals surface area contributed by atoms with Gasteiger partial charge >= 0.3 is 5.97 Å². The van der Waals surface area contributed by atoms with Gasteiger partial charge in [0.25, 0.3) is 0 Å². The fourth-order valence-electron chi connectivity index (χ4n) is 12.7. The van der Waals surface area contributed by atoms with E-state index in [-0.39, 0.29) is 33.0 Å². The number of carboxylic acids is 1. The average Bonchev–Trinajstić information content (AvgIpc) is 2.91. The van der Waals surface area contributed by atoms with E-state index in [2.05, 4.69) is 54.5 Å². The number of hydrogen-bond donors (Lipinski definition) is 4. The zero-order valence-electron chi connectivity index (χ0n) is 28.2. The summed E-state index contributed by atoms with van der Waals surface area (Å²) in [6.45, 7) is 19.0. The summed E-state index contributed by atoms with van der Waals surface area (Å²) in [5, 5.41) is 42.2. The summed E-state index contributed by atoms with van der Waals surface area (Å²) in [6, 6.07) is 0. The summed E-state index contributed by atoms with van der Waals surface area (Å²) in [5.41, 5.74) is 1.45. The zero-order chi connectivity index (χ0) is 31.5. The van der Waals surface area contributed by atoms with Gasteiger partial charge in [-0.25, -0.2) is 0 Å². The van der Waals surface area contributed by atoms with Crippen LogP contribution in [0.5, 0.6) is 0 Å². The molecule has 4 N–H and O–H groups in total. The second-order valence-corrected chi connectivity index (χ2v) is 18.3. The van der Waals surface area contributed by atoms with Crippen LogP contribution in [-0.2, 0) is 9.53 Å². The molecule has 6 aliphatic rings. The maximum atomic E-state index is 12.9. The van der Waals surface area contributed by atoms with Crippen LogP contribution < -0.4 is 0 Å². The van der Waals surface area contributed by atoms with E-state index in [9.17, 15) is 25.2 Å². The van der Waals surface area contributed by atoms with Gasteiger partial charge in [0.2, 0.25) is 0 Å².